The van der Waals surface area contributed by atoms with Crippen molar-refractivity contribution < 1.29 is 22.8 Å². The van der Waals surface area contributed by atoms with Gasteiger partial charge in [0.05, 0.1) is 70.3 Å². The fourth-order valence-corrected chi connectivity index (χ4v) is 16.5. The number of aromatic nitrogens is 20. The summed E-state index contributed by atoms with van der Waals surface area (Å²) in [7, 11) is 16.2. The molecule has 3 saturated carbocycles. The first-order valence-electron chi connectivity index (χ1n) is 45.9. The van der Waals surface area contributed by atoms with Crippen LogP contribution in [0.15, 0.2) is 84.4 Å². The van der Waals surface area contributed by atoms with Crippen LogP contribution in [0.5, 0.6) is 0 Å². The van der Waals surface area contributed by atoms with Crippen LogP contribution in [0.3, 0.4) is 0 Å². The molecule has 4 aliphatic heterocycles. The number of rotatable bonds is 22. The van der Waals surface area contributed by atoms with E-state index in [4.69, 9.17) is 19.9 Å². The lowest BCUT2D eigenvalue weighted by Gasteiger charge is -2.39. The Balaban J connectivity index is 0.000000131. The van der Waals surface area contributed by atoms with Gasteiger partial charge in [0.15, 0.2) is 52.0 Å². The summed E-state index contributed by atoms with van der Waals surface area (Å²) < 4.78 is 65.6. The van der Waals surface area contributed by atoms with Gasteiger partial charge in [-0.15, -0.1) is 0 Å². The lowest BCUT2D eigenvalue weighted by atomic mass is 10.1. The number of halogens is 4. The zero-order valence-electron chi connectivity index (χ0n) is 80.2. The molecule has 7 aliphatic rings. The van der Waals surface area contributed by atoms with E-state index >= 15 is 0 Å². The van der Waals surface area contributed by atoms with E-state index in [9.17, 15) is 22.8 Å². The quantitative estimate of drug-likeness (QED) is 0.0231. The first-order chi connectivity index (χ1) is 64.1. The Morgan fingerprint density at radius 2 is 0.642 bits per heavy atom. The Hall–Kier alpha value is -13.3. The summed E-state index contributed by atoms with van der Waals surface area (Å²) in [6.07, 6.45) is 13.1. The van der Waals surface area contributed by atoms with E-state index in [0.29, 0.717) is 122 Å². The van der Waals surface area contributed by atoms with E-state index in [-0.39, 0.29) is 58.2 Å². The number of hydrogen-bond donors (Lipinski definition) is 8. The molecule has 3 aliphatic carbocycles. The fraction of sp³-hybridized carbons (Fsp3) is 0.484. The average Bonchev–Trinajstić information content (AvgIpc) is 1.64. The smallest absolute Gasteiger partial charge is 0.253 e. The third kappa shape index (κ3) is 22.1. The van der Waals surface area contributed by atoms with Crippen LogP contribution in [0.25, 0.3) is 0 Å². The maximum absolute atomic E-state index is 14.7. The van der Waals surface area contributed by atoms with Crippen LogP contribution < -0.4 is 62.3 Å². The van der Waals surface area contributed by atoms with Crippen molar-refractivity contribution in [3.8, 4) is 0 Å². The van der Waals surface area contributed by atoms with Crippen LogP contribution in [-0.4, -0.2) is 254 Å². The normalized spacial score (nSPS) is 18.6. The zero-order valence-corrected chi connectivity index (χ0v) is 80.2. The summed E-state index contributed by atoms with van der Waals surface area (Å²) in [5.41, 5.74) is 11.1. The highest BCUT2D eigenvalue weighted by Gasteiger charge is 2.35. The van der Waals surface area contributed by atoms with Crippen molar-refractivity contribution in [3.63, 3.8) is 0 Å². The van der Waals surface area contributed by atoms with Gasteiger partial charge in [0, 0.05) is 178 Å². The summed E-state index contributed by atoms with van der Waals surface area (Å²) >= 11 is 0. The SMILES string of the molecule is Cc1cc(Nc2nc(N=c3cc(C4CC4)c(F)c(C)n3O)ncc2N2CCN(C)[C@H](C)C2)nn1C.Cc1cc(Nc2ncc(N3CCN(C)[C@H](C)C3)c(Nc3cc(C)n(C)n3)n2)nn1C.Cc1nc(Nc2ncc(N3CCN(C)[C@H](C)C3)c(Nc3cc(C)n(C)n3)n2)ccc1F.Cc1nc(Nc2ncc(N3CCN(C)[C@H](C)C3)c(Nc3cc(C4CC4)c(F)c(C)n3)n2)cc(C2CC2)c1F. The number of hydrogen-bond acceptors (Lipinski definition) is 32. The van der Waals surface area contributed by atoms with Gasteiger partial charge in [-0.1, -0.05) is 0 Å². The average molecular weight is 1840 g/mol. The van der Waals surface area contributed by atoms with Gasteiger partial charge in [-0.3, -0.25) is 18.7 Å². The minimum atomic E-state index is -0.387. The molecule has 0 bridgehead atoms. The molecule has 7 fully saturated rings. The molecule has 4 saturated heterocycles. The number of pyridine rings is 4. The molecular formula is C93H124F4N36O. The highest BCUT2D eigenvalue weighted by Crippen LogP contribution is 2.46. The molecule has 4 atom stereocenters. The Morgan fingerprint density at radius 1 is 0.336 bits per heavy atom. The Labute approximate surface area is 778 Å². The predicted octanol–water partition coefficient (Wildman–Crippen LogP) is 13.7. The van der Waals surface area contributed by atoms with Crippen LogP contribution in [-0.2, 0) is 28.2 Å². The Kier molecular flexibility index (Phi) is 27.9. The van der Waals surface area contributed by atoms with Crippen LogP contribution in [0.1, 0.15) is 146 Å². The van der Waals surface area contributed by atoms with Crippen LogP contribution in [0.4, 0.5) is 128 Å². The molecule has 0 unspecified atom stereocenters. The largest absolute Gasteiger partial charge is 0.427 e. The van der Waals surface area contributed by atoms with Crippen LogP contribution in [0.2, 0.25) is 0 Å². The zero-order chi connectivity index (χ0) is 94.9. The van der Waals surface area contributed by atoms with Crippen molar-refractivity contribution in [1.82, 2.24) is 118 Å². The lowest BCUT2D eigenvalue weighted by Crippen LogP contribution is -2.50. The van der Waals surface area contributed by atoms with E-state index < -0.39 is 0 Å². The lowest BCUT2D eigenvalue weighted by molar-refractivity contribution is 0.160. The minimum absolute atomic E-state index is 0.124. The number of nitrogens with one attached hydrogen (secondary N) is 7. The van der Waals surface area contributed by atoms with Crippen LogP contribution in [0, 0.1) is 78.7 Å². The highest BCUT2D eigenvalue weighted by molar-refractivity contribution is 5.76. The maximum atomic E-state index is 14.7. The minimum Gasteiger partial charge on any atom is -0.427 e. The van der Waals surface area contributed by atoms with Gasteiger partial charge in [0.1, 0.15) is 40.7 Å². The Morgan fingerprint density at radius 3 is 0.978 bits per heavy atom. The number of nitrogens with zero attached hydrogens (tertiary/aromatic N) is 29. The van der Waals surface area contributed by atoms with E-state index in [2.05, 4.69) is 193 Å². The standard InChI is InChI=1S/C28H34F2N8.C24H32FN9O.C21H28FN9.C20H30N10/c1-15-14-38(10-9-37(15)4)22-13-31-28(35-24-12-21(19-7-8-19)26(30)17(3)33-24)36-27(22)34-23-11-20(18-5-6-18)25(29)16(2)32-23;1-14-10-20(30-32(14)5)27-23-19(33-9-8-31(4)15(2)13-33)12-26-24(29-23)28-21-11-18(17-6-7-17)22(25)16(3)34(21)35;1-13-10-19(28-30(13)5)25-20-17(31-9-8-29(4)14(2)12-31)11-23-21(27-20)26-18-7-6-16(22)15(3)24-18;1-13-9-17(25-28(13)5)22-19-16(30-8-7-27(4)15(3)12-30)11-21-20(24-19)23-18-10-14(2)29(6)26-18/h11-13,15,18-19H,5-10,14H2,1-4H3,(H2,31,32,33,34,35,36);10-12,15,17,35H,6-9,13H2,1-5H3,(H,26,27,29,30);6-7,10-11,14H,8-9,12H2,1-5H3,(H2,23,24,25,26,27,28);9-11,15H,7-8,12H2,1-6H3,(H2,21,22,23,24,25,26)/t2*15-;14-;15-/m1111/s1. The molecular weight excluding hydrogens is 1710 g/mol. The van der Waals surface area contributed by atoms with Crippen molar-refractivity contribution in [2.24, 2.45) is 33.2 Å². The van der Waals surface area contributed by atoms with Gasteiger partial charge in [0.2, 0.25) is 17.8 Å². The summed E-state index contributed by atoms with van der Waals surface area (Å²) in [5, 5.41) is 51.4. The molecule has 0 aromatic carbocycles. The summed E-state index contributed by atoms with van der Waals surface area (Å²) in [5.74, 6) is 7.87. The number of aryl methyl sites for hydroxylation is 11. The Bertz CT molecular complexity index is 6230. The molecule has 41 heteroatoms. The van der Waals surface area contributed by atoms with Gasteiger partial charge in [-0.05, 0) is 215 Å². The maximum Gasteiger partial charge on any atom is 0.253 e. The monoisotopic (exact) mass is 1840 g/mol. The second-order valence-electron chi connectivity index (χ2n) is 36.7. The van der Waals surface area contributed by atoms with E-state index in [1.165, 1.54) is 13.0 Å². The van der Waals surface area contributed by atoms with Crippen molar-refractivity contribution in [2.45, 2.75) is 164 Å². The van der Waals surface area contributed by atoms with Gasteiger partial charge >= 0.3 is 0 Å². The number of likely N-dealkylation sites (N-methyl/N-ethyl adjacent to an activating group) is 4. The van der Waals surface area contributed by atoms with Crippen molar-refractivity contribution >= 4 is 111 Å². The van der Waals surface area contributed by atoms with E-state index in [1.54, 1.807) is 62.1 Å². The molecule has 0 amide bonds. The highest BCUT2D eigenvalue weighted by atomic mass is 19.1. The second kappa shape index (κ2) is 39.9. The number of anilines is 18. The molecule has 37 nitrogen and oxygen atoms in total. The molecule has 0 radical (unpaired) electrons. The molecule has 0 spiro atoms. The topological polar surface area (TPSA) is 361 Å². The third-order valence-corrected chi connectivity index (χ3v) is 26.4. The molecule has 16 heterocycles. The molecule has 710 valence electrons. The molecule has 8 N–H and O–H groups in total. The molecule has 12 aromatic rings. The number of piperazine rings is 4. The van der Waals surface area contributed by atoms with Gasteiger partial charge in [-0.25, -0.2) is 52.4 Å². The fourth-order valence-electron chi connectivity index (χ4n) is 16.5. The summed E-state index contributed by atoms with van der Waals surface area (Å²) in [6, 6.07) is 17.6. The van der Waals surface area contributed by atoms with Crippen molar-refractivity contribution in [3.05, 3.63) is 170 Å². The van der Waals surface area contributed by atoms with Crippen LogP contribution >= 0.6 is 0 Å². The molecule has 19 rings (SSSR count). The van der Waals surface area contributed by atoms with Crippen molar-refractivity contribution in [1.29, 1.82) is 0 Å². The first kappa shape index (κ1) is 93.9. The third-order valence-electron chi connectivity index (χ3n) is 26.4. The van der Waals surface area contributed by atoms with Gasteiger partial charge in [0.25, 0.3) is 5.95 Å². The van der Waals surface area contributed by atoms with Gasteiger partial charge < -0.3 is 81.6 Å². The van der Waals surface area contributed by atoms with Crippen molar-refractivity contribution in [2.75, 3.05) is 164 Å². The summed E-state index contributed by atoms with van der Waals surface area (Å²) in [4.78, 5) is 73.2. The van der Waals surface area contributed by atoms with E-state index in [0.717, 1.165) is 185 Å². The van der Waals surface area contributed by atoms with Gasteiger partial charge in [-0.2, -0.15) is 50.1 Å². The molecule has 12 aromatic heterocycles. The second-order valence-corrected chi connectivity index (χ2v) is 36.7. The predicted molar refractivity (Wildman–Crippen MR) is 514 cm³/mol. The van der Waals surface area contributed by atoms with E-state index in [1.807, 2.05) is 107 Å². The molecule has 134 heavy (non-hydrogen) atoms. The summed E-state index contributed by atoms with van der Waals surface area (Å²) in [6.45, 7) is 34.1. The first-order valence-corrected chi connectivity index (χ1v) is 45.9.